The minimum atomic E-state index is -0.317. The van der Waals surface area contributed by atoms with Crippen LogP contribution in [0.3, 0.4) is 0 Å². The normalized spacial score (nSPS) is 21.3. The van der Waals surface area contributed by atoms with Crippen LogP contribution in [0.4, 0.5) is 0 Å². The Balaban J connectivity index is 2.14. The Hall–Kier alpha value is -0.515. The largest absolute Gasteiger partial charge is 0.496 e. The summed E-state index contributed by atoms with van der Waals surface area (Å²) in [5.74, 6) is 1.03. The summed E-state index contributed by atoms with van der Waals surface area (Å²) in [5.41, 5.74) is 0.386. The first kappa shape index (κ1) is 13.9. The monoisotopic (exact) mass is 265 g/mol. The van der Waals surface area contributed by atoms with Crippen molar-refractivity contribution >= 4 is 24.3 Å². The Labute approximate surface area is 114 Å². The zero-order valence-corrected chi connectivity index (χ0v) is 12.5. The second kappa shape index (κ2) is 4.87. The van der Waals surface area contributed by atoms with Crippen LogP contribution in [-0.2, 0) is 9.31 Å². The molecule has 3 nitrogen and oxygen atoms in total. The molecule has 5 heteroatoms. The lowest BCUT2D eigenvalue weighted by molar-refractivity contribution is 0.00578. The smallest absolute Gasteiger partial charge is 0.399 e. The van der Waals surface area contributed by atoms with Crippen molar-refractivity contribution in [1.82, 2.24) is 4.98 Å². The summed E-state index contributed by atoms with van der Waals surface area (Å²) in [6.45, 7) is 10.3. The van der Waals surface area contributed by atoms with E-state index in [-0.39, 0.29) is 18.3 Å². The number of aromatic nitrogens is 1. The second-order valence-corrected chi connectivity index (χ2v) is 6.74. The molecule has 1 aromatic heterocycles. The van der Waals surface area contributed by atoms with Crippen molar-refractivity contribution in [2.75, 3.05) is 5.75 Å². The van der Waals surface area contributed by atoms with Crippen molar-refractivity contribution in [1.29, 1.82) is 0 Å². The highest BCUT2D eigenvalue weighted by Crippen LogP contribution is 2.36. The third-order valence-electron chi connectivity index (χ3n) is 3.58. The molecule has 0 aliphatic carbocycles. The predicted octanol–water partition coefficient (Wildman–Crippen LogP) is 2.49. The lowest BCUT2D eigenvalue weighted by atomic mass is 9.80. The number of rotatable bonds is 3. The topological polar surface area (TPSA) is 31.4 Å². The van der Waals surface area contributed by atoms with Gasteiger partial charge < -0.3 is 9.31 Å². The molecule has 1 aliphatic rings. The fourth-order valence-corrected chi connectivity index (χ4v) is 2.33. The third-order valence-corrected chi connectivity index (χ3v) is 4.40. The summed E-state index contributed by atoms with van der Waals surface area (Å²) < 4.78 is 12.0. The van der Waals surface area contributed by atoms with Crippen LogP contribution in [-0.4, -0.2) is 29.1 Å². The summed E-state index contributed by atoms with van der Waals surface area (Å²) in [6, 6.07) is 4.06. The van der Waals surface area contributed by atoms with Crippen LogP contribution < -0.4 is 5.46 Å². The van der Waals surface area contributed by atoms with E-state index in [4.69, 9.17) is 9.31 Å². The van der Waals surface area contributed by atoms with E-state index in [2.05, 4.69) is 39.6 Å². The quantitative estimate of drug-likeness (QED) is 0.620. The molecule has 1 fully saturated rings. The van der Waals surface area contributed by atoms with Gasteiger partial charge in [0.05, 0.1) is 16.2 Å². The van der Waals surface area contributed by atoms with Crippen molar-refractivity contribution < 1.29 is 9.31 Å². The van der Waals surface area contributed by atoms with Gasteiger partial charge in [0, 0.05) is 11.7 Å². The Kier molecular flexibility index (Phi) is 3.76. The van der Waals surface area contributed by atoms with Crippen LogP contribution in [0.5, 0.6) is 0 Å². The van der Waals surface area contributed by atoms with Crippen LogP contribution in [0.25, 0.3) is 0 Å². The van der Waals surface area contributed by atoms with E-state index in [1.807, 2.05) is 18.3 Å². The fourth-order valence-electron chi connectivity index (χ4n) is 1.74. The molecular weight excluding hydrogens is 245 g/mol. The van der Waals surface area contributed by atoms with Gasteiger partial charge in [-0.1, -0.05) is 13.0 Å². The minimum Gasteiger partial charge on any atom is -0.399 e. The van der Waals surface area contributed by atoms with E-state index in [0.29, 0.717) is 0 Å². The average molecular weight is 265 g/mol. The van der Waals surface area contributed by atoms with E-state index >= 15 is 0 Å². The maximum absolute atomic E-state index is 5.98. The molecule has 0 bridgehead atoms. The molecular formula is C13H20BNO2S. The van der Waals surface area contributed by atoms with E-state index in [0.717, 1.165) is 16.2 Å². The van der Waals surface area contributed by atoms with Gasteiger partial charge in [-0.2, -0.15) is 0 Å². The molecule has 0 saturated carbocycles. The minimum absolute atomic E-state index is 0.297. The van der Waals surface area contributed by atoms with Crippen molar-refractivity contribution in [2.24, 2.45) is 0 Å². The molecule has 0 radical (unpaired) electrons. The Morgan fingerprint density at radius 3 is 2.22 bits per heavy atom. The fraction of sp³-hybridized carbons (Fsp3) is 0.615. The highest BCUT2D eigenvalue weighted by atomic mass is 32.2. The van der Waals surface area contributed by atoms with Gasteiger partial charge in [-0.25, -0.2) is 0 Å². The molecule has 0 N–H and O–H groups in total. The van der Waals surface area contributed by atoms with E-state index in [9.17, 15) is 0 Å². The molecule has 0 unspecified atom stereocenters. The lowest BCUT2D eigenvalue weighted by Crippen LogP contribution is -2.41. The Morgan fingerprint density at radius 1 is 1.17 bits per heavy atom. The average Bonchev–Trinajstić information content (AvgIpc) is 2.50. The van der Waals surface area contributed by atoms with Crippen molar-refractivity contribution in [3.63, 3.8) is 0 Å². The molecule has 1 saturated heterocycles. The summed E-state index contributed by atoms with van der Waals surface area (Å²) in [6.07, 6.45) is 1.85. The third kappa shape index (κ3) is 2.58. The number of thioether (sulfide) groups is 1. The van der Waals surface area contributed by atoms with Gasteiger partial charge in [0.15, 0.2) is 0 Å². The Bertz CT molecular complexity index is 404. The first-order valence-electron chi connectivity index (χ1n) is 6.30. The van der Waals surface area contributed by atoms with Gasteiger partial charge in [-0.3, -0.25) is 4.98 Å². The summed E-state index contributed by atoms with van der Waals surface area (Å²) in [7, 11) is -0.317. The Morgan fingerprint density at radius 2 is 1.78 bits per heavy atom. The number of hydrogen-bond acceptors (Lipinski definition) is 4. The van der Waals surface area contributed by atoms with Crippen LogP contribution in [0, 0.1) is 0 Å². The molecule has 18 heavy (non-hydrogen) atoms. The molecule has 0 spiro atoms. The number of hydrogen-bond donors (Lipinski definition) is 0. The summed E-state index contributed by atoms with van der Waals surface area (Å²) in [5, 5.41) is 1.04. The molecule has 1 aromatic rings. The van der Waals surface area contributed by atoms with E-state index < -0.39 is 0 Å². The molecule has 98 valence electrons. The van der Waals surface area contributed by atoms with Crippen LogP contribution in [0.2, 0.25) is 0 Å². The molecule has 1 aliphatic heterocycles. The van der Waals surface area contributed by atoms with Crippen LogP contribution >= 0.6 is 11.8 Å². The van der Waals surface area contributed by atoms with Crippen LogP contribution in [0.15, 0.2) is 23.4 Å². The van der Waals surface area contributed by atoms with Gasteiger partial charge in [0.25, 0.3) is 0 Å². The number of pyridine rings is 1. The lowest BCUT2D eigenvalue weighted by Gasteiger charge is -2.32. The molecule has 0 atom stereocenters. The van der Waals surface area contributed by atoms with Gasteiger partial charge in [-0.05, 0) is 39.5 Å². The maximum atomic E-state index is 5.98. The summed E-state index contributed by atoms with van der Waals surface area (Å²) in [4.78, 5) is 4.41. The van der Waals surface area contributed by atoms with E-state index in [1.165, 1.54) is 0 Å². The van der Waals surface area contributed by atoms with Gasteiger partial charge in [0.2, 0.25) is 0 Å². The molecule has 2 rings (SSSR count). The number of nitrogens with zero attached hydrogens (tertiary/aromatic N) is 1. The predicted molar refractivity (Wildman–Crippen MR) is 76.4 cm³/mol. The van der Waals surface area contributed by atoms with E-state index in [1.54, 1.807) is 11.8 Å². The van der Waals surface area contributed by atoms with Crippen LogP contribution in [0.1, 0.15) is 34.6 Å². The first-order valence-corrected chi connectivity index (χ1v) is 7.28. The SMILES string of the molecule is CCSc1ccc(B2OC(C)(C)C(C)(C)O2)cn1. The van der Waals surface area contributed by atoms with Crippen molar-refractivity contribution in [3.05, 3.63) is 18.3 Å². The van der Waals surface area contributed by atoms with Crippen molar-refractivity contribution in [3.8, 4) is 0 Å². The maximum Gasteiger partial charge on any atom is 0.496 e. The highest BCUT2D eigenvalue weighted by Gasteiger charge is 2.51. The molecule has 0 aromatic carbocycles. The zero-order chi connectivity index (χ0) is 13.4. The molecule has 2 heterocycles. The van der Waals surface area contributed by atoms with Gasteiger partial charge in [0.1, 0.15) is 0 Å². The highest BCUT2D eigenvalue weighted by molar-refractivity contribution is 7.99. The summed E-state index contributed by atoms with van der Waals surface area (Å²) >= 11 is 1.73. The second-order valence-electron chi connectivity index (χ2n) is 5.45. The standard InChI is InChI=1S/C13H20BNO2S/c1-6-18-11-8-7-10(9-15-11)14-16-12(2,3)13(4,5)17-14/h7-9H,6H2,1-5H3. The first-order chi connectivity index (χ1) is 8.36. The van der Waals surface area contributed by atoms with Gasteiger partial charge in [-0.15, -0.1) is 11.8 Å². The zero-order valence-electron chi connectivity index (χ0n) is 11.7. The van der Waals surface area contributed by atoms with Crippen molar-refractivity contribution in [2.45, 2.75) is 50.8 Å². The van der Waals surface area contributed by atoms with Gasteiger partial charge >= 0.3 is 7.12 Å². The molecule has 0 amide bonds.